The van der Waals surface area contributed by atoms with Crippen molar-refractivity contribution < 1.29 is 9.90 Å². The van der Waals surface area contributed by atoms with Gasteiger partial charge in [0.15, 0.2) is 0 Å². The largest absolute Gasteiger partial charge is 0.481 e. The number of aryl methyl sites for hydroxylation is 1. The Kier molecular flexibility index (Phi) is 7.35. The average Bonchev–Trinajstić information content (AvgIpc) is 2.44. The summed E-state index contributed by atoms with van der Waals surface area (Å²) in [7, 11) is 0. The van der Waals surface area contributed by atoms with Crippen molar-refractivity contribution in [3.8, 4) is 0 Å². The third-order valence-corrected chi connectivity index (χ3v) is 4.24. The Morgan fingerprint density at radius 3 is 2.50 bits per heavy atom. The number of carboxylic acid groups (broad SMARTS) is 1. The maximum Gasteiger partial charge on any atom is 0.306 e. The lowest BCUT2D eigenvalue weighted by molar-refractivity contribution is -0.142. The van der Waals surface area contributed by atoms with E-state index in [1.165, 1.54) is 24.0 Å². The standard InChI is InChI=1S/C18H28O2/c1-4-6-10-15(5-2)12-17(18(19)20)13-16-11-8-7-9-14(16)3/h7-9,11,15,17H,4-6,10,12-13H2,1-3H3,(H,19,20). The molecule has 0 amide bonds. The van der Waals surface area contributed by atoms with Crippen LogP contribution in [0.5, 0.6) is 0 Å². The van der Waals surface area contributed by atoms with Crippen molar-refractivity contribution in [2.45, 2.75) is 59.3 Å². The minimum absolute atomic E-state index is 0.252. The molecule has 0 saturated carbocycles. The van der Waals surface area contributed by atoms with Crippen LogP contribution in [-0.2, 0) is 11.2 Å². The maximum atomic E-state index is 11.5. The molecule has 0 aliphatic carbocycles. The Balaban J connectivity index is 2.69. The minimum atomic E-state index is -0.650. The van der Waals surface area contributed by atoms with Crippen molar-refractivity contribution in [3.63, 3.8) is 0 Å². The number of aliphatic carboxylic acids is 1. The van der Waals surface area contributed by atoms with Gasteiger partial charge in [0.05, 0.1) is 5.92 Å². The zero-order chi connectivity index (χ0) is 15.0. The zero-order valence-corrected chi connectivity index (χ0v) is 13.1. The van der Waals surface area contributed by atoms with E-state index in [0.717, 1.165) is 19.3 Å². The van der Waals surface area contributed by atoms with Gasteiger partial charge < -0.3 is 5.11 Å². The Morgan fingerprint density at radius 1 is 1.25 bits per heavy atom. The molecule has 0 aromatic heterocycles. The van der Waals surface area contributed by atoms with Gasteiger partial charge in [0, 0.05) is 0 Å². The van der Waals surface area contributed by atoms with E-state index >= 15 is 0 Å². The van der Waals surface area contributed by atoms with Crippen LogP contribution in [-0.4, -0.2) is 11.1 Å². The topological polar surface area (TPSA) is 37.3 Å². The van der Waals surface area contributed by atoms with Crippen LogP contribution in [0.3, 0.4) is 0 Å². The Hall–Kier alpha value is -1.31. The van der Waals surface area contributed by atoms with E-state index in [1.54, 1.807) is 0 Å². The number of carbonyl (C=O) groups is 1. The lowest BCUT2D eigenvalue weighted by Crippen LogP contribution is -2.20. The monoisotopic (exact) mass is 276 g/mol. The molecule has 1 aromatic carbocycles. The molecule has 0 radical (unpaired) electrons. The predicted molar refractivity (Wildman–Crippen MR) is 83.9 cm³/mol. The zero-order valence-electron chi connectivity index (χ0n) is 13.1. The van der Waals surface area contributed by atoms with E-state index < -0.39 is 5.97 Å². The van der Waals surface area contributed by atoms with Gasteiger partial charge >= 0.3 is 5.97 Å². The van der Waals surface area contributed by atoms with Gasteiger partial charge in [-0.2, -0.15) is 0 Å². The number of carboxylic acids is 1. The predicted octanol–water partition coefficient (Wildman–Crippen LogP) is 4.84. The molecule has 0 fully saturated rings. The molecule has 2 heteroatoms. The second-order valence-electron chi connectivity index (χ2n) is 5.82. The first-order chi connectivity index (χ1) is 9.58. The van der Waals surface area contributed by atoms with Crippen LogP contribution in [0.4, 0.5) is 0 Å². The van der Waals surface area contributed by atoms with E-state index in [4.69, 9.17) is 0 Å². The minimum Gasteiger partial charge on any atom is -0.481 e. The van der Waals surface area contributed by atoms with Crippen molar-refractivity contribution in [3.05, 3.63) is 35.4 Å². The number of unbranched alkanes of at least 4 members (excludes halogenated alkanes) is 1. The normalized spacial score (nSPS) is 13.9. The van der Waals surface area contributed by atoms with Crippen LogP contribution in [0.25, 0.3) is 0 Å². The molecular formula is C18H28O2. The summed E-state index contributed by atoms with van der Waals surface area (Å²) in [5, 5.41) is 9.50. The Bertz CT molecular complexity index is 412. The molecule has 2 unspecified atom stereocenters. The summed E-state index contributed by atoms with van der Waals surface area (Å²) < 4.78 is 0. The summed E-state index contributed by atoms with van der Waals surface area (Å²) in [6.45, 7) is 6.42. The number of hydrogen-bond acceptors (Lipinski definition) is 1. The molecule has 1 N–H and O–H groups in total. The lowest BCUT2D eigenvalue weighted by atomic mass is 9.85. The number of hydrogen-bond donors (Lipinski definition) is 1. The van der Waals surface area contributed by atoms with Gasteiger partial charge in [-0.05, 0) is 36.8 Å². The Labute approximate surface area is 123 Å². The summed E-state index contributed by atoms with van der Waals surface area (Å²) >= 11 is 0. The second-order valence-corrected chi connectivity index (χ2v) is 5.82. The van der Waals surface area contributed by atoms with Crippen molar-refractivity contribution >= 4 is 5.97 Å². The fourth-order valence-corrected chi connectivity index (χ4v) is 2.76. The lowest BCUT2D eigenvalue weighted by Gasteiger charge is -2.20. The summed E-state index contributed by atoms with van der Waals surface area (Å²) in [4.78, 5) is 11.5. The first-order valence-electron chi connectivity index (χ1n) is 7.85. The highest BCUT2D eigenvalue weighted by atomic mass is 16.4. The molecule has 112 valence electrons. The van der Waals surface area contributed by atoms with Gasteiger partial charge in [-0.15, -0.1) is 0 Å². The van der Waals surface area contributed by atoms with Gasteiger partial charge in [-0.1, -0.05) is 63.8 Å². The molecule has 0 aliphatic rings. The van der Waals surface area contributed by atoms with E-state index in [1.807, 2.05) is 12.1 Å². The molecule has 0 spiro atoms. The molecule has 0 heterocycles. The quantitative estimate of drug-likeness (QED) is 0.700. The van der Waals surface area contributed by atoms with Gasteiger partial charge in [-0.25, -0.2) is 0 Å². The van der Waals surface area contributed by atoms with Crippen LogP contribution in [0.1, 0.15) is 57.1 Å². The van der Waals surface area contributed by atoms with Crippen molar-refractivity contribution in [2.24, 2.45) is 11.8 Å². The molecule has 2 atom stereocenters. The fraction of sp³-hybridized carbons (Fsp3) is 0.611. The van der Waals surface area contributed by atoms with Crippen LogP contribution < -0.4 is 0 Å². The highest BCUT2D eigenvalue weighted by Crippen LogP contribution is 2.25. The van der Waals surface area contributed by atoms with E-state index in [9.17, 15) is 9.90 Å². The molecule has 0 bridgehead atoms. The SMILES string of the molecule is CCCCC(CC)CC(Cc1ccccc1C)C(=O)O. The van der Waals surface area contributed by atoms with Crippen molar-refractivity contribution in [1.82, 2.24) is 0 Å². The summed E-state index contributed by atoms with van der Waals surface area (Å²) in [5.74, 6) is -0.360. The van der Waals surface area contributed by atoms with Crippen LogP contribution in [0.15, 0.2) is 24.3 Å². The van der Waals surface area contributed by atoms with E-state index in [0.29, 0.717) is 12.3 Å². The molecule has 0 saturated heterocycles. The van der Waals surface area contributed by atoms with Gasteiger partial charge in [0.1, 0.15) is 0 Å². The first kappa shape index (κ1) is 16.7. The van der Waals surface area contributed by atoms with Crippen LogP contribution >= 0.6 is 0 Å². The molecule has 0 aliphatic heterocycles. The van der Waals surface area contributed by atoms with Crippen LogP contribution in [0.2, 0.25) is 0 Å². The molecule has 1 rings (SSSR count). The summed E-state index contributed by atoms with van der Waals surface area (Å²) in [6, 6.07) is 8.11. The fourth-order valence-electron chi connectivity index (χ4n) is 2.76. The average molecular weight is 276 g/mol. The van der Waals surface area contributed by atoms with Gasteiger partial charge in [0.25, 0.3) is 0 Å². The molecular weight excluding hydrogens is 248 g/mol. The van der Waals surface area contributed by atoms with Gasteiger partial charge in [0.2, 0.25) is 0 Å². The number of rotatable bonds is 9. The summed E-state index contributed by atoms with van der Waals surface area (Å²) in [6.07, 6.45) is 6.09. The van der Waals surface area contributed by atoms with E-state index in [2.05, 4.69) is 32.9 Å². The van der Waals surface area contributed by atoms with Crippen molar-refractivity contribution in [2.75, 3.05) is 0 Å². The highest BCUT2D eigenvalue weighted by Gasteiger charge is 2.22. The molecule has 1 aromatic rings. The third-order valence-electron chi connectivity index (χ3n) is 4.24. The highest BCUT2D eigenvalue weighted by molar-refractivity contribution is 5.70. The Morgan fingerprint density at radius 2 is 1.95 bits per heavy atom. The van der Waals surface area contributed by atoms with Crippen molar-refractivity contribution in [1.29, 1.82) is 0 Å². The smallest absolute Gasteiger partial charge is 0.306 e. The maximum absolute atomic E-state index is 11.5. The molecule has 20 heavy (non-hydrogen) atoms. The molecule has 2 nitrogen and oxygen atoms in total. The third kappa shape index (κ3) is 5.36. The second kappa shape index (κ2) is 8.78. The van der Waals surface area contributed by atoms with Gasteiger partial charge in [-0.3, -0.25) is 4.79 Å². The first-order valence-corrected chi connectivity index (χ1v) is 7.85. The van der Waals surface area contributed by atoms with Crippen LogP contribution in [0, 0.1) is 18.8 Å². The van der Waals surface area contributed by atoms with E-state index in [-0.39, 0.29) is 5.92 Å². The summed E-state index contributed by atoms with van der Waals surface area (Å²) in [5.41, 5.74) is 2.37. The number of benzene rings is 1.